The number of aromatic amines is 1. The molecular formula is C24H22F3N5O6. The standard InChI is InChI=1S/C24H22F3N5O6/c1-10(2)37-19-15(38-21(34)24(25,26)27)7-6-13-18(19)20(33)31-23(29-13)32-22-28-11(3)12-8-16(35-4)17(36-5)9-14(12)30-22/h6-10H,1-5H3,(H2,28,29,30,31,32,33). The Hall–Kier alpha value is -4.62. The van der Waals surface area contributed by atoms with Crippen molar-refractivity contribution in [3.05, 3.63) is 40.3 Å². The maximum atomic E-state index is 13.0. The van der Waals surface area contributed by atoms with Gasteiger partial charge in [0, 0.05) is 11.5 Å². The molecule has 0 saturated heterocycles. The van der Waals surface area contributed by atoms with E-state index in [1.165, 1.54) is 20.3 Å². The van der Waals surface area contributed by atoms with Gasteiger partial charge in [0.15, 0.2) is 23.0 Å². The molecule has 14 heteroatoms. The van der Waals surface area contributed by atoms with Crippen LogP contribution in [0.4, 0.5) is 25.1 Å². The van der Waals surface area contributed by atoms with E-state index in [4.69, 9.17) is 14.2 Å². The van der Waals surface area contributed by atoms with Gasteiger partial charge in [0.1, 0.15) is 5.39 Å². The molecule has 0 aliphatic carbocycles. The second-order valence-electron chi connectivity index (χ2n) is 8.24. The number of methoxy groups -OCH3 is 2. The molecule has 0 aliphatic rings. The van der Waals surface area contributed by atoms with Crippen LogP contribution in [0.3, 0.4) is 0 Å². The number of aromatic nitrogens is 4. The average Bonchev–Trinajstić information content (AvgIpc) is 2.83. The lowest BCUT2D eigenvalue weighted by molar-refractivity contribution is -0.189. The molecule has 0 fully saturated rings. The third kappa shape index (κ3) is 5.23. The number of carbonyl (C=O) groups excluding carboxylic acids is 1. The number of alkyl halides is 3. The number of fused-ring (bicyclic) bond motifs is 2. The van der Waals surface area contributed by atoms with Crippen molar-refractivity contribution in [3.63, 3.8) is 0 Å². The van der Waals surface area contributed by atoms with E-state index in [0.29, 0.717) is 28.1 Å². The van der Waals surface area contributed by atoms with Crippen LogP contribution >= 0.6 is 0 Å². The number of carbonyl (C=O) groups is 1. The van der Waals surface area contributed by atoms with Gasteiger partial charge in [-0.25, -0.2) is 19.7 Å². The lowest BCUT2D eigenvalue weighted by Gasteiger charge is -2.16. The summed E-state index contributed by atoms with van der Waals surface area (Å²) in [6.07, 6.45) is -5.80. The van der Waals surface area contributed by atoms with Crippen LogP contribution in [0.15, 0.2) is 29.1 Å². The van der Waals surface area contributed by atoms with Crippen molar-refractivity contribution in [1.82, 2.24) is 19.9 Å². The summed E-state index contributed by atoms with van der Waals surface area (Å²) in [7, 11) is 3.01. The van der Waals surface area contributed by atoms with Gasteiger partial charge in [-0.15, -0.1) is 0 Å². The number of benzene rings is 2. The summed E-state index contributed by atoms with van der Waals surface area (Å²) in [6.45, 7) is 4.95. The Morgan fingerprint density at radius 1 is 1.00 bits per heavy atom. The zero-order valence-electron chi connectivity index (χ0n) is 20.8. The molecule has 0 bridgehead atoms. The van der Waals surface area contributed by atoms with Gasteiger partial charge < -0.3 is 18.9 Å². The molecule has 38 heavy (non-hydrogen) atoms. The molecule has 0 radical (unpaired) electrons. The van der Waals surface area contributed by atoms with E-state index in [1.54, 1.807) is 32.9 Å². The number of hydrogen-bond acceptors (Lipinski definition) is 10. The highest BCUT2D eigenvalue weighted by atomic mass is 19.4. The monoisotopic (exact) mass is 533 g/mol. The highest BCUT2D eigenvalue weighted by Gasteiger charge is 2.42. The Balaban J connectivity index is 1.77. The van der Waals surface area contributed by atoms with Gasteiger partial charge in [-0.1, -0.05) is 0 Å². The number of aryl methyl sites for hydroxylation is 1. The van der Waals surface area contributed by atoms with Crippen molar-refractivity contribution in [2.75, 3.05) is 19.5 Å². The molecule has 0 saturated carbocycles. The van der Waals surface area contributed by atoms with Crippen LogP contribution in [0.2, 0.25) is 0 Å². The topological polar surface area (TPSA) is 138 Å². The number of anilines is 2. The number of rotatable bonds is 7. The van der Waals surface area contributed by atoms with Gasteiger partial charge >= 0.3 is 12.1 Å². The molecule has 2 aromatic heterocycles. The first kappa shape index (κ1) is 26.4. The minimum Gasteiger partial charge on any atom is -0.493 e. The van der Waals surface area contributed by atoms with E-state index in [0.717, 1.165) is 6.07 Å². The van der Waals surface area contributed by atoms with Gasteiger partial charge in [0.2, 0.25) is 11.9 Å². The molecule has 2 N–H and O–H groups in total. The number of nitrogens with zero attached hydrogens (tertiary/aromatic N) is 3. The normalized spacial score (nSPS) is 11.6. The molecule has 200 valence electrons. The number of halogens is 3. The van der Waals surface area contributed by atoms with Gasteiger partial charge in [-0.05, 0) is 39.0 Å². The van der Waals surface area contributed by atoms with Crippen molar-refractivity contribution in [1.29, 1.82) is 0 Å². The molecule has 11 nitrogen and oxygen atoms in total. The summed E-state index contributed by atoms with van der Waals surface area (Å²) in [5, 5.41) is 3.34. The zero-order valence-corrected chi connectivity index (χ0v) is 20.8. The summed E-state index contributed by atoms with van der Waals surface area (Å²) in [5.74, 6) is -2.34. The number of H-pyrrole nitrogens is 1. The van der Waals surface area contributed by atoms with Crippen LogP contribution in [-0.4, -0.2) is 52.4 Å². The van der Waals surface area contributed by atoms with E-state index < -0.39 is 29.6 Å². The van der Waals surface area contributed by atoms with E-state index >= 15 is 0 Å². The predicted octanol–water partition coefficient (Wildman–Crippen LogP) is 4.19. The third-order valence-electron chi connectivity index (χ3n) is 5.20. The lowest BCUT2D eigenvalue weighted by atomic mass is 10.1. The average molecular weight is 533 g/mol. The van der Waals surface area contributed by atoms with Crippen LogP contribution in [0.1, 0.15) is 19.5 Å². The number of ether oxygens (including phenoxy) is 4. The molecule has 4 rings (SSSR count). The van der Waals surface area contributed by atoms with Crippen LogP contribution in [-0.2, 0) is 4.79 Å². The molecule has 0 aliphatic heterocycles. The molecule has 0 unspecified atom stereocenters. The van der Waals surface area contributed by atoms with Crippen LogP contribution in [0, 0.1) is 6.92 Å². The second kappa shape index (κ2) is 10.0. The fraction of sp³-hybridized carbons (Fsp3) is 0.292. The fourth-order valence-electron chi connectivity index (χ4n) is 3.60. The summed E-state index contributed by atoms with van der Waals surface area (Å²) in [5.41, 5.74) is 0.430. The highest BCUT2D eigenvalue weighted by molar-refractivity contribution is 5.90. The van der Waals surface area contributed by atoms with E-state index in [1.807, 2.05) is 0 Å². The summed E-state index contributed by atoms with van der Waals surface area (Å²) in [6, 6.07) is 5.70. The van der Waals surface area contributed by atoms with Gasteiger partial charge in [-0.2, -0.15) is 13.2 Å². The second-order valence-corrected chi connectivity index (χ2v) is 8.24. The fourth-order valence-corrected chi connectivity index (χ4v) is 3.60. The van der Waals surface area contributed by atoms with Crippen molar-refractivity contribution in [3.8, 4) is 23.0 Å². The Morgan fingerprint density at radius 2 is 1.68 bits per heavy atom. The third-order valence-corrected chi connectivity index (χ3v) is 5.20. The first-order valence-corrected chi connectivity index (χ1v) is 11.1. The van der Waals surface area contributed by atoms with E-state index in [9.17, 15) is 22.8 Å². The Kier molecular flexibility index (Phi) is 6.98. The molecule has 4 aromatic rings. The Bertz CT molecular complexity index is 1600. The Labute approximate surface area is 212 Å². The van der Waals surface area contributed by atoms with Crippen LogP contribution in [0.25, 0.3) is 21.8 Å². The molecule has 0 amide bonds. The van der Waals surface area contributed by atoms with Crippen molar-refractivity contribution >= 4 is 39.7 Å². The van der Waals surface area contributed by atoms with Crippen molar-refractivity contribution in [2.45, 2.75) is 33.1 Å². The maximum Gasteiger partial charge on any atom is 0.491 e. The van der Waals surface area contributed by atoms with Crippen molar-refractivity contribution < 1.29 is 36.9 Å². The predicted molar refractivity (Wildman–Crippen MR) is 130 cm³/mol. The van der Waals surface area contributed by atoms with Gasteiger partial charge in [0.25, 0.3) is 5.56 Å². The minimum absolute atomic E-state index is 0.0442. The van der Waals surface area contributed by atoms with Gasteiger partial charge in [-0.3, -0.25) is 15.1 Å². The number of esters is 1. The highest BCUT2D eigenvalue weighted by Crippen LogP contribution is 2.36. The summed E-state index contributed by atoms with van der Waals surface area (Å²) in [4.78, 5) is 40.0. The molecular weight excluding hydrogens is 511 g/mol. The molecule has 0 atom stereocenters. The van der Waals surface area contributed by atoms with Crippen molar-refractivity contribution in [2.24, 2.45) is 0 Å². The molecule has 2 aromatic carbocycles. The van der Waals surface area contributed by atoms with Gasteiger partial charge in [0.05, 0.1) is 37.1 Å². The van der Waals surface area contributed by atoms with Crippen LogP contribution < -0.4 is 29.8 Å². The largest absolute Gasteiger partial charge is 0.493 e. The number of hydrogen-bond donors (Lipinski definition) is 2. The van der Waals surface area contributed by atoms with Crippen LogP contribution in [0.5, 0.6) is 23.0 Å². The summed E-state index contributed by atoms with van der Waals surface area (Å²) >= 11 is 0. The first-order chi connectivity index (χ1) is 17.9. The maximum absolute atomic E-state index is 13.0. The smallest absolute Gasteiger partial charge is 0.491 e. The summed E-state index contributed by atoms with van der Waals surface area (Å²) < 4.78 is 58.9. The minimum atomic E-state index is -5.24. The lowest BCUT2D eigenvalue weighted by Crippen LogP contribution is -2.28. The molecule has 0 spiro atoms. The quantitative estimate of drug-likeness (QED) is 0.263. The number of nitrogens with one attached hydrogen (secondary N) is 2. The SMILES string of the molecule is COc1cc2nc(Nc3nc4ccc(OC(=O)C(F)(F)F)c(OC(C)C)c4c(=O)[nH]3)nc(C)c2cc1OC. The zero-order chi connectivity index (χ0) is 27.8. The molecule has 2 heterocycles. The Morgan fingerprint density at radius 3 is 2.32 bits per heavy atom. The van der Waals surface area contributed by atoms with E-state index in [2.05, 4.69) is 30.0 Å². The first-order valence-electron chi connectivity index (χ1n) is 11.1. The van der Waals surface area contributed by atoms with E-state index in [-0.39, 0.29) is 28.5 Å².